The van der Waals surface area contributed by atoms with E-state index in [1.807, 2.05) is 6.07 Å². The topological polar surface area (TPSA) is 89.6 Å². The van der Waals surface area contributed by atoms with Crippen LogP contribution in [-0.4, -0.2) is 37.1 Å². The van der Waals surface area contributed by atoms with Crippen LogP contribution in [0.25, 0.3) is 0 Å². The highest BCUT2D eigenvalue weighted by atomic mass is 32.2. The van der Waals surface area contributed by atoms with Crippen LogP contribution >= 0.6 is 0 Å². The fourth-order valence-corrected chi connectivity index (χ4v) is 3.69. The number of aliphatic hydroxyl groups excluding tert-OH is 1. The molecule has 120 valence electrons. The summed E-state index contributed by atoms with van der Waals surface area (Å²) in [7, 11) is -3.48. The maximum absolute atomic E-state index is 12.1. The maximum atomic E-state index is 12.1. The summed E-state index contributed by atoms with van der Waals surface area (Å²) in [6.45, 7) is 3.28. The first-order chi connectivity index (χ1) is 10.4. The molecule has 0 spiro atoms. The van der Waals surface area contributed by atoms with Gasteiger partial charge in [0.25, 0.3) is 0 Å². The van der Waals surface area contributed by atoms with Gasteiger partial charge < -0.3 is 14.4 Å². The normalized spacial score (nSPS) is 13.0. The number of hydrogen-bond donors (Lipinski definition) is 1. The Morgan fingerprint density at radius 3 is 2.55 bits per heavy atom. The minimum absolute atomic E-state index is 0.0785. The molecule has 22 heavy (non-hydrogen) atoms. The third kappa shape index (κ3) is 4.57. The molecule has 0 aliphatic rings. The predicted molar refractivity (Wildman–Crippen MR) is 81.4 cm³/mol. The van der Waals surface area contributed by atoms with E-state index in [4.69, 9.17) is 9.26 Å². The van der Waals surface area contributed by atoms with Crippen LogP contribution in [0.3, 0.4) is 0 Å². The number of aromatic nitrogens is 1. The van der Waals surface area contributed by atoms with Crippen LogP contribution in [0, 0.1) is 13.8 Å². The van der Waals surface area contributed by atoms with Gasteiger partial charge in [0.2, 0.25) is 0 Å². The number of benzene rings is 1. The molecule has 0 amide bonds. The lowest BCUT2D eigenvalue weighted by atomic mass is 10.2. The molecule has 0 bridgehead atoms. The number of para-hydroxylation sites is 1. The molecule has 0 saturated carbocycles. The Kier molecular flexibility index (Phi) is 5.20. The van der Waals surface area contributed by atoms with Crippen LogP contribution in [0.5, 0.6) is 5.75 Å². The van der Waals surface area contributed by atoms with Gasteiger partial charge in [-0.25, -0.2) is 8.42 Å². The Hall–Kier alpha value is -1.86. The summed E-state index contributed by atoms with van der Waals surface area (Å²) in [5, 5.41) is 13.6. The van der Waals surface area contributed by atoms with Crippen molar-refractivity contribution < 1.29 is 22.8 Å². The fourth-order valence-electron chi connectivity index (χ4n) is 2.04. The number of nitrogens with zero attached hydrogens (tertiary/aromatic N) is 1. The first-order valence-electron chi connectivity index (χ1n) is 6.85. The summed E-state index contributed by atoms with van der Waals surface area (Å²) in [6.07, 6.45) is -1.09. The molecular weight excluding hydrogens is 306 g/mol. The first-order valence-corrected chi connectivity index (χ1v) is 8.67. The highest BCUT2D eigenvalue weighted by Gasteiger charge is 2.22. The summed E-state index contributed by atoms with van der Waals surface area (Å²) in [6, 6.07) is 8.93. The number of aliphatic hydroxyl groups is 1. The van der Waals surface area contributed by atoms with Gasteiger partial charge in [-0.05, 0) is 26.0 Å². The first kappa shape index (κ1) is 16.5. The molecule has 2 aromatic rings. The van der Waals surface area contributed by atoms with Crippen molar-refractivity contribution in [1.82, 2.24) is 5.16 Å². The number of rotatable bonds is 7. The van der Waals surface area contributed by atoms with Crippen molar-refractivity contribution in [3.8, 4) is 5.75 Å². The molecule has 1 aromatic heterocycles. The smallest absolute Gasteiger partial charge is 0.157 e. The maximum Gasteiger partial charge on any atom is 0.157 e. The average Bonchev–Trinajstić information content (AvgIpc) is 2.77. The molecule has 0 unspecified atom stereocenters. The van der Waals surface area contributed by atoms with Crippen LogP contribution in [0.15, 0.2) is 34.9 Å². The van der Waals surface area contributed by atoms with Crippen LogP contribution in [0.4, 0.5) is 0 Å². The lowest BCUT2D eigenvalue weighted by Gasteiger charge is -2.12. The van der Waals surface area contributed by atoms with E-state index in [0.717, 1.165) is 0 Å². The average molecular weight is 325 g/mol. The van der Waals surface area contributed by atoms with E-state index in [9.17, 15) is 13.5 Å². The molecule has 0 aliphatic carbocycles. The monoisotopic (exact) mass is 325 g/mol. The molecule has 6 nitrogen and oxygen atoms in total. The minimum Gasteiger partial charge on any atom is -0.491 e. The molecule has 1 aromatic carbocycles. The van der Waals surface area contributed by atoms with Crippen molar-refractivity contribution in [1.29, 1.82) is 0 Å². The lowest BCUT2D eigenvalue weighted by molar-refractivity contribution is 0.125. The van der Waals surface area contributed by atoms with E-state index < -0.39 is 15.9 Å². The summed E-state index contributed by atoms with van der Waals surface area (Å²) in [5.41, 5.74) is 1.10. The van der Waals surface area contributed by atoms with Gasteiger partial charge in [-0.2, -0.15) is 0 Å². The van der Waals surface area contributed by atoms with Crippen molar-refractivity contribution >= 4 is 9.84 Å². The van der Waals surface area contributed by atoms with E-state index in [-0.39, 0.29) is 18.1 Å². The number of aryl methyl sites for hydroxylation is 2. The van der Waals surface area contributed by atoms with Gasteiger partial charge in [-0.3, -0.25) is 0 Å². The molecule has 1 heterocycles. The van der Waals surface area contributed by atoms with Crippen molar-refractivity contribution in [3.63, 3.8) is 0 Å². The van der Waals surface area contributed by atoms with Crippen molar-refractivity contribution in [2.75, 3.05) is 12.4 Å². The predicted octanol–water partition coefficient (Wildman–Crippen LogP) is 1.65. The van der Waals surface area contributed by atoms with Gasteiger partial charge in [0, 0.05) is 5.56 Å². The molecule has 0 aliphatic heterocycles. The highest BCUT2D eigenvalue weighted by Crippen LogP contribution is 2.17. The molecule has 2 rings (SSSR count). The van der Waals surface area contributed by atoms with Crippen LogP contribution < -0.4 is 4.74 Å². The van der Waals surface area contributed by atoms with E-state index in [2.05, 4.69) is 5.16 Å². The van der Waals surface area contributed by atoms with Gasteiger partial charge in [0.15, 0.2) is 9.84 Å². The number of ether oxygens (including phenoxy) is 1. The third-order valence-corrected chi connectivity index (χ3v) is 4.80. The lowest BCUT2D eigenvalue weighted by Crippen LogP contribution is -2.28. The van der Waals surface area contributed by atoms with E-state index in [1.54, 1.807) is 38.1 Å². The highest BCUT2D eigenvalue weighted by molar-refractivity contribution is 7.90. The molecule has 1 N–H and O–H groups in total. The largest absolute Gasteiger partial charge is 0.491 e. The van der Waals surface area contributed by atoms with E-state index in [1.165, 1.54) is 0 Å². The van der Waals surface area contributed by atoms with Crippen molar-refractivity contribution in [3.05, 3.63) is 47.3 Å². The second-order valence-corrected chi connectivity index (χ2v) is 7.24. The Balaban J connectivity index is 1.91. The zero-order valence-corrected chi connectivity index (χ0v) is 13.3. The number of hydrogen-bond acceptors (Lipinski definition) is 6. The quantitative estimate of drug-likeness (QED) is 0.832. The van der Waals surface area contributed by atoms with Gasteiger partial charge in [0.1, 0.15) is 24.2 Å². The summed E-state index contributed by atoms with van der Waals surface area (Å²) < 4.78 is 34.6. The Bertz CT molecular complexity index is 689. The molecule has 7 heteroatoms. The zero-order chi connectivity index (χ0) is 16.2. The zero-order valence-electron chi connectivity index (χ0n) is 12.5. The van der Waals surface area contributed by atoms with Crippen LogP contribution in [0.1, 0.15) is 17.0 Å². The summed E-state index contributed by atoms with van der Waals surface area (Å²) >= 11 is 0. The molecule has 0 fully saturated rings. The molecule has 1 atom stereocenters. The van der Waals surface area contributed by atoms with Crippen LogP contribution in [0.2, 0.25) is 0 Å². The fraction of sp³-hybridized carbons (Fsp3) is 0.400. The Labute approximate surface area is 129 Å². The Morgan fingerprint density at radius 2 is 1.95 bits per heavy atom. The minimum atomic E-state index is -3.48. The Morgan fingerprint density at radius 1 is 1.27 bits per heavy atom. The number of sulfone groups is 1. The van der Waals surface area contributed by atoms with Crippen molar-refractivity contribution in [2.24, 2.45) is 0 Å². The standard InChI is InChI=1S/C15H19NO5S/c1-11-15(12(2)21-16-11)10-22(18,19)9-13(17)8-20-14-6-4-3-5-7-14/h3-7,13,17H,8-10H2,1-2H3/t13-/m1/s1. The van der Waals surface area contributed by atoms with Gasteiger partial charge in [0.05, 0.1) is 17.2 Å². The molecule has 0 radical (unpaired) electrons. The van der Waals surface area contributed by atoms with Gasteiger partial charge >= 0.3 is 0 Å². The summed E-state index contributed by atoms with van der Waals surface area (Å²) in [5.74, 6) is 0.501. The molecule has 0 saturated heterocycles. The van der Waals surface area contributed by atoms with Gasteiger partial charge in [-0.1, -0.05) is 23.4 Å². The van der Waals surface area contributed by atoms with Crippen LogP contribution in [-0.2, 0) is 15.6 Å². The SMILES string of the molecule is Cc1noc(C)c1CS(=O)(=O)C[C@H](O)COc1ccccc1. The second kappa shape index (κ2) is 6.93. The van der Waals surface area contributed by atoms with Crippen molar-refractivity contribution in [2.45, 2.75) is 25.7 Å². The van der Waals surface area contributed by atoms with E-state index in [0.29, 0.717) is 22.8 Å². The second-order valence-electron chi connectivity index (χ2n) is 5.14. The molecular formula is C15H19NO5S. The summed E-state index contributed by atoms with van der Waals surface area (Å²) in [4.78, 5) is 0. The third-order valence-electron chi connectivity index (χ3n) is 3.18. The van der Waals surface area contributed by atoms with Gasteiger partial charge in [-0.15, -0.1) is 0 Å². The van der Waals surface area contributed by atoms with E-state index >= 15 is 0 Å².